The minimum atomic E-state index is -1.58. The van der Waals surface area contributed by atoms with Crippen molar-refractivity contribution >= 4 is 24.2 Å². The summed E-state index contributed by atoms with van der Waals surface area (Å²) in [5, 5.41) is 0. The van der Waals surface area contributed by atoms with E-state index in [9.17, 15) is 19.2 Å². The van der Waals surface area contributed by atoms with Gasteiger partial charge < -0.3 is 34.2 Å². The average molecular weight is 554 g/mol. The molecular formula is C28H43NO10. The number of ether oxygens (including phenoxy) is 6. The van der Waals surface area contributed by atoms with Crippen LogP contribution in [0.2, 0.25) is 0 Å². The number of methoxy groups -OCH3 is 1. The second-order valence-corrected chi connectivity index (χ2v) is 9.60. The van der Waals surface area contributed by atoms with Gasteiger partial charge >= 0.3 is 24.2 Å². The van der Waals surface area contributed by atoms with Crippen LogP contribution in [0.5, 0.6) is 11.5 Å². The molecule has 0 bridgehead atoms. The quantitative estimate of drug-likeness (QED) is 0.172. The maximum atomic E-state index is 12.7. The SMILES string of the molecule is CCCC(C)OC(=O)Oc1cc(C[C@](N)(CC(C)OC(=O)CC)C(=O)OC)ccc1OC(=O)O[C@@H](C)CCC. The van der Waals surface area contributed by atoms with Gasteiger partial charge in [0.05, 0.1) is 7.11 Å². The van der Waals surface area contributed by atoms with E-state index in [1.165, 1.54) is 19.2 Å². The highest BCUT2D eigenvalue weighted by Gasteiger charge is 2.38. The first-order valence-corrected chi connectivity index (χ1v) is 13.3. The minimum absolute atomic E-state index is 0.0297. The Labute approximate surface area is 230 Å². The molecular weight excluding hydrogens is 510 g/mol. The Hall–Kier alpha value is -3.34. The monoisotopic (exact) mass is 553 g/mol. The second-order valence-electron chi connectivity index (χ2n) is 9.60. The summed E-state index contributed by atoms with van der Waals surface area (Å²) in [5.41, 5.74) is 5.33. The normalized spacial score (nSPS) is 14.7. The molecule has 0 heterocycles. The molecule has 0 amide bonds. The van der Waals surface area contributed by atoms with E-state index in [0.29, 0.717) is 18.4 Å². The first kappa shape index (κ1) is 33.7. The molecule has 1 rings (SSSR count). The van der Waals surface area contributed by atoms with E-state index in [-0.39, 0.29) is 36.9 Å². The third-order valence-corrected chi connectivity index (χ3v) is 5.76. The van der Waals surface area contributed by atoms with E-state index in [1.54, 1.807) is 33.8 Å². The fraction of sp³-hybridized carbons (Fsp3) is 0.643. The number of nitrogens with two attached hydrogens (primary N) is 1. The molecule has 0 fully saturated rings. The molecule has 0 aliphatic rings. The molecule has 2 N–H and O–H groups in total. The van der Waals surface area contributed by atoms with E-state index in [1.807, 2.05) is 13.8 Å². The van der Waals surface area contributed by atoms with Crippen molar-refractivity contribution in [2.45, 2.75) is 110 Å². The van der Waals surface area contributed by atoms with Crippen LogP contribution in [0.1, 0.15) is 85.6 Å². The summed E-state index contributed by atoms with van der Waals surface area (Å²) >= 11 is 0. The average Bonchev–Trinajstić information content (AvgIpc) is 2.84. The van der Waals surface area contributed by atoms with Gasteiger partial charge in [0.15, 0.2) is 11.5 Å². The molecule has 0 radical (unpaired) electrons. The van der Waals surface area contributed by atoms with Crippen molar-refractivity contribution < 1.29 is 47.6 Å². The largest absolute Gasteiger partial charge is 0.514 e. The first-order chi connectivity index (χ1) is 18.4. The third-order valence-electron chi connectivity index (χ3n) is 5.76. The van der Waals surface area contributed by atoms with Crippen LogP contribution in [-0.2, 0) is 35.0 Å². The molecule has 220 valence electrons. The highest BCUT2D eigenvalue weighted by Crippen LogP contribution is 2.32. The lowest BCUT2D eigenvalue weighted by Crippen LogP contribution is -2.53. The Morgan fingerprint density at radius 3 is 1.85 bits per heavy atom. The zero-order chi connectivity index (χ0) is 29.6. The highest BCUT2D eigenvalue weighted by atomic mass is 16.7. The Balaban J connectivity index is 3.27. The van der Waals surface area contributed by atoms with Gasteiger partial charge in [0.2, 0.25) is 0 Å². The summed E-state index contributed by atoms with van der Waals surface area (Å²) < 4.78 is 31.4. The lowest BCUT2D eigenvalue weighted by atomic mass is 9.86. The number of carbonyl (C=O) groups excluding carboxylic acids is 4. The van der Waals surface area contributed by atoms with Crippen molar-refractivity contribution in [3.05, 3.63) is 23.8 Å². The van der Waals surface area contributed by atoms with E-state index in [4.69, 9.17) is 34.2 Å². The topological polar surface area (TPSA) is 150 Å². The van der Waals surface area contributed by atoms with Crippen molar-refractivity contribution in [3.63, 3.8) is 0 Å². The fourth-order valence-electron chi connectivity index (χ4n) is 3.97. The number of hydrogen-bond acceptors (Lipinski definition) is 11. The molecule has 4 atom stereocenters. The zero-order valence-electron chi connectivity index (χ0n) is 24.1. The lowest BCUT2D eigenvalue weighted by Gasteiger charge is -2.29. The molecule has 0 saturated carbocycles. The van der Waals surface area contributed by atoms with Gasteiger partial charge in [0.1, 0.15) is 23.9 Å². The van der Waals surface area contributed by atoms with Gasteiger partial charge in [-0.2, -0.15) is 0 Å². The number of esters is 2. The number of carbonyl (C=O) groups is 4. The van der Waals surface area contributed by atoms with E-state index >= 15 is 0 Å². The minimum Gasteiger partial charge on any atom is -0.468 e. The molecule has 39 heavy (non-hydrogen) atoms. The van der Waals surface area contributed by atoms with Gasteiger partial charge in [0.25, 0.3) is 0 Å². The molecule has 0 spiro atoms. The van der Waals surface area contributed by atoms with Crippen LogP contribution in [0.4, 0.5) is 9.59 Å². The molecule has 2 unspecified atom stereocenters. The lowest BCUT2D eigenvalue weighted by molar-refractivity contribution is -0.154. The number of hydrogen-bond donors (Lipinski definition) is 1. The molecule has 1 aromatic carbocycles. The van der Waals surface area contributed by atoms with E-state index < -0.39 is 42.0 Å². The molecule has 0 aliphatic heterocycles. The predicted octanol–water partition coefficient (Wildman–Crippen LogP) is 5.24. The van der Waals surface area contributed by atoms with Gasteiger partial charge in [-0.3, -0.25) is 9.59 Å². The van der Waals surface area contributed by atoms with Gasteiger partial charge in [-0.25, -0.2) is 9.59 Å². The number of rotatable bonds is 15. The Kier molecular flexibility index (Phi) is 14.3. The summed E-state index contributed by atoms with van der Waals surface area (Å²) in [5.74, 6) is -1.36. The van der Waals surface area contributed by atoms with Crippen LogP contribution >= 0.6 is 0 Å². The van der Waals surface area contributed by atoms with Crippen molar-refractivity contribution in [1.29, 1.82) is 0 Å². The zero-order valence-corrected chi connectivity index (χ0v) is 24.1. The fourth-order valence-corrected chi connectivity index (χ4v) is 3.97. The summed E-state index contributed by atoms with van der Waals surface area (Å²) in [7, 11) is 1.21. The van der Waals surface area contributed by atoms with Gasteiger partial charge in [-0.1, -0.05) is 39.7 Å². The molecule has 0 saturated heterocycles. The summed E-state index contributed by atoms with van der Waals surface area (Å²) in [4.78, 5) is 49.2. The second kappa shape index (κ2) is 16.6. The maximum absolute atomic E-state index is 12.7. The predicted molar refractivity (Wildman–Crippen MR) is 143 cm³/mol. The van der Waals surface area contributed by atoms with Crippen LogP contribution in [0, 0.1) is 0 Å². The molecule has 1 aromatic rings. The summed E-state index contributed by atoms with van der Waals surface area (Å²) in [6, 6.07) is 4.37. The first-order valence-electron chi connectivity index (χ1n) is 13.3. The van der Waals surface area contributed by atoms with Crippen LogP contribution in [0.3, 0.4) is 0 Å². The molecule has 11 nitrogen and oxygen atoms in total. The van der Waals surface area contributed by atoms with Crippen molar-refractivity contribution in [1.82, 2.24) is 0 Å². The third kappa shape index (κ3) is 11.9. The van der Waals surface area contributed by atoms with Crippen LogP contribution in [0.15, 0.2) is 18.2 Å². The Morgan fingerprint density at radius 2 is 1.36 bits per heavy atom. The Morgan fingerprint density at radius 1 is 0.821 bits per heavy atom. The standard InChI is InChI=1S/C28H43NO10/c1-8-11-18(4)36-26(32)38-22-14-13-21(15-23(22)39-27(33)37-19(5)12-9-2)17-28(29,25(31)34-7)16-20(6)35-24(30)10-3/h13-15,18-20H,8-12,16-17,29H2,1-7H3/t18-,19?,20?,28+/m0/s1. The van der Waals surface area contributed by atoms with Gasteiger partial charge in [-0.15, -0.1) is 0 Å². The summed E-state index contributed by atoms with van der Waals surface area (Å²) in [6.45, 7) is 10.7. The smallest absolute Gasteiger partial charge is 0.468 e. The molecule has 11 heteroatoms. The van der Waals surface area contributed by atoms with Crippen LogP contribution in [0.25, 0.3) is 0 Å². The van der Waals surface area contributed by atoms with Gasteiger partial charge in [-0.05, 0) is 51.3 Å². The van der Waals surface area contributed by atoms with E-state index in [2.05, 4.69) is 0 Å². The van der Waals surface area contributed by atoms with Crippen molar-refractivity contribution in [2.75, 3.05) is 7.11 Å². The maximum Gasteiger partial charge on any atom is 0.514 e. The van der Waals surface area contributed by atoms with Crippen LogP contribution in [-0.4, -0.2) is 55.2 Å². The van der Waals surface area contributed by atoms with E-state index in [0.717, 1.165) is 12.8 Å². The summed E-state index contributed by atoms with van der Waals surface area (Å²) in [6.07, 6.45) is -0.396. The molecule has 0 aromatic heterocycles. The highest BCUT2D eigenvalue weighted by molar-refractivity contribution is 5.81. The van der Waals surface area contributed by atoms with Crippen molar-refractivity contribution in [2.24, 2.45) is 5.73 Å². The van der Waals surface area contributed by atoms with Crippen molar-refractivity contribution in [3.8, 4) is 11.5 Å². The Bertz CT molecular complexity index is 966. The number of benzene rings is 1. The van der Waals surface area contributed by atoms with Gasteiger partial charge in [0, 0.05) is 19.3 Å². The molecule has 0 aliphatic carbocycles. The van der Waals surface area contributed by atoms with Crippen LogP contribution < -0.4 is 15.2 Å².